The van der Waals surface area contributed by atoms with Gasteiger partial charge in [0.25, 0.3) is 11.8 Å². The summed E-state index contributed by atoms with van der Waals surface area (Å²) in [4.78, 5) is 47.5. The van der Waals surface area contributed by atoms with E-state index in [4.69, 9.17) is 11.5 Å². The van der Waals surface area contributed by atoms with Crippen LogP contribution in [-0.4, -0.2) is 42.3 Å². The Labute approximate surface area is 240 Å². The molecule has 1 fully saturated rings. The molecular formula is C30H32F3N5O4. The van der Waals surface area contributed by atoms with Gasteiger partial charge in [0.1, 0.15) is 0 Å². The maximum atomic E-state index is 12.8. The highest BCUT2D eigenvalue weighted by Crippen LogP contribution is 2.29. The molecule has 0 heterocycles. The van der Waals surface area contributed by atoms with Crippen molar-refractivity contribution < 1.29 is 32.3 Å². The number of hydrogen-bond acceptors (Lipinski definition) is 5. The lowest BCUT2D eigenvalue weighted by Crippen LogP contribution is -2.54. The van der Waals surface area contributed by atoms with Gasteiger partial charge in [0, 0.05) is 34.5 Å². The fourth-order valence-corrected chi connectivity index (χ4v) is 4.32. The van der Waals surface area contributed by atoms with Crippen molar-refractivity contribution in [1.29, 1.82) is 0 Å². The monoisotopic (exact) mass is 583 g/mol. The summed E-state index contributed by atoms with van der Waals surface area (Å²) in [5.41, 5.74) is 11.0. The van der Waals surface area contributed by atoms with Crippen molar-refractivity contribution in [2.45, 2.75) is 43.9 Å². The van der Waals surface area contributed by atoms with Crippen molar-refractivity contribution in [2.75, 3.05) is 12.3 Å². The SMILES string of the molecule is NC(=O)c1ccccc1.Nc1ccc(C(=O)NC2CCCCC2NC(=O)CNC(=O)c2cccc(C(F)(F)F)c2)cc1. The molecule has 3 aromatic rings. The number of halogens is 3. The van der Waals surface area contributed by atoms with Crippen LogP contribution in [0.3, 0.4) is 0 Å². The van der Waals surface area contributed by atoms with Gasteiger partial charge in [-0.15, -0.1) is 0 Å². The van der Waals surface area contributed by atoms with Gasteiger partial charge in [0.2, 0.25) is 11.8 Å². The van der Waals surface area contributed by atoms with Gasteiger partial charge in [0.15, 0.2) is 0 Å². The fourth-order valence-electron chi connectivity index (χ4n) is 4.32. The van der Waals surface area contributed by atoms with Crippen LogP contribution in [0.5, 0.6) is 0 Å². The molecule has 3 aromatic carbocycles. The van der Waals surface area contributed by atoms with Crippen molar-refractivity contribution in [2.24, 2.45) is 5.73 Å². The van der Waals surface area contributed by atoms with Crippen molar-refractivity contribution in [3.05, 3.63) is 101 Å². The molecule has 0 saturated heterocycles. The molecule has 1 aliphatic rings. The van der Waals surface area contributed by atoms with Crippen LogP contribution in [0.2, 0.25) is 0 Å². The number of amides is 4. The van der Waals surface area contributed by atoms with Crippen molar-refractivity contribution in [3.63, 3.8) is 0 Å². The molecule has 0 aromatic heterocycles. The molecule has 4 amide bonds. The molecule has 1 aliphatic carbocycles. The second-order valence-corrected chi connectivity index (χ2v) is 9.65. The Morgan fingerprint density at radius 2 is 1.33 bits per heavy atom. The number of nitrogens with one attached hydrogen (secondary N) is 3. The molecule has 0 aliphatic heterocycles. The van der Waals surface area contributed by atoms with Crippen LogP contribution in [0, 0.1) is 0 Å². The van der Waals surface area contributed by atoms with E-state index in [1.165, 1.54) is 6.07 Å². The highest BCUT2D eigenvalue weighted by Gasteiger charge is 2.31. The van der Waals surface area contributed by atoms with Gasteiger partial charge in [-0.2, -0.15) is 13.2 Å². The van der Waals surface area contributed by atoms with E-state index in [9.17, 15) is 32.3 Å². The molecule has 12 heteroatoms. The average Bonchev–Trinajstić information content (AvgIpc) is 2.97. The van der Waals surface area contributed by atoms with Gasteiger partial charge in [0.05, 0.1) is 12.1 Å². The minimum absolute atomic E-state index is 0.191. The molecule has 4 rings (SSSR count). The smallest absolute Gasteiger partial charge is 0.399 e. The van der Waals surface area contributed by atoms with E-state index in [0.29, 0.717) is 29.7 Å². The predicted molar refractivity (Wildman–Crippen MR) is 151 cm³/mol. The average molecular weight is 584 g/mol. The first-order chi connectivity index (χ1) is 19.9. The van der Waals surface area contributed by atoms with Crippen LogP contribution in [0.1, 0.15) is 62.3 Å². The van der Waals surface area contributed by atoms with E-state index in [2.05, 4.69) is 16.0 Å². The first-order valence-corrected chi connectivity index (χ1v) is 13.2. The molecule has 222 valence electrons. The first-order valence-electron chi connectivity index (χ1n) is 13.2. The van der Waals surface area contributed by atoms with Crippen molar-refractivity contribution in [3.8, 4) is 0 Å². The molecule has 0 radical (unpaired) electrons. The van der Waals surface area contributed by atoms with E-state index in [1.807, 2.05) is 6.07 Å². The highest BCUT2D eigenvalue weighted by atomic mass is 19.4. The number of nitrogen functional groups attached to an aromatic ring is 1. The summed E-state index contributed by atoms with van der Waals surface area (Å²) in [5.74, 6) is -1.93. The second-order valence-electron chi connectivity index (χ2n) is 9.65. The third-order valence-corrected chi connectivity index (χ3v) is 6.52. The fraction of sp³-hybridized carbons (Fsp3) is 0.267. The summed E-state index contributed by atoms with van der Waals surface area (Å²) in [7, 11) is 0. The molecule has 1 saturated carbocycles. The number of primary amides is 1. The summed E-state index contributed by atoms with van der Waals surface area (Å²) in [5, 5.41) is 8.08. The lowest BCUT2D eigenvalue weighted by atomic mass is 9.90. The molecule has 9 nitrogen and oxygen atoms in total. The van der Waals surface area contributed by atoms with Crippen LogP contribution in [0.25, 0.3) is 0 Å². The van der Waals surface area contributed by atoms with E-state index < -0.39 is 30.1 Å². The number of carbonyl (C=O) groups excluding carboxylic acids is 4. The van der Waals surface area contributed by atoms with Crippen molar-refractivity contribution in [1.82, 2.24) is 16.0 Å². The summed E-state index contributed by atoms with van der Waals surface area (Å²) >= 11 is 0. The molecule has 0 spiro atoms. The van der Waals surface area contributed by atoms with Crippen LogP contribution in [0.4, 0.5) is 18.9 Å². The summed E-state index contributed by atoms with van der Waals surface area (Å²) in [6, 6.07) is 18.6. The second kappa shape index (κ2) is 14.7. The third-order valence-electron chi connectivity index (χ3n) is 6.52. The molecule has 7 N–H and O–H groups in total. The third kappa shape index (κ3) is 9.65. The van der Waals surface area contributed by atoms with Crippen LogP contribution in [0.15, 0.2) is 78.9 Å². The van der Waals surface area contributed by atoms with Gasteiger partial charge in [-0.3, -0.25) is 19.2 Å². The lowest BCUT2D eigenvalue weighted by Gasteiger charge is -2.33. The van der Waals surface area contributed by atoms with Gasteiger partial charge in [-0.05, 0) is 67.4 Å². The minimum atomic E-state index is -4.57. The molecule has 42 heavy (non-hydrogen) atoms. The summed E-state index contributed by atoms with van der Waals surface area (Å²) in [6.45, 7) is -0.399. The number of rotatable bonds is 7. The predicted octanol–water partition coefficient (Wildman–Crippen LogP) is 3.66. The summed E-state index contributed by atoms with van der Waals surface area (Å²) in [6.07, 6.45) is -1.47. The molecule has 0 bridgehead atoms. The van der Waals surface area contributed by atoms with Crippen molar-refractivity contribution >= 4 is 29.3 Å². The van der Waals surface area contributed by atoms with Crippen LogP contribution >= 0.6 is 0 Å². The maximum Gasteiger partial charge on any atom is 0.416 e. The Balaban J connectivity index is 0.000000458. The quantitative estimate of drug-likeness (QED) is 0.269. The van der Waals surface area contributed by atoms with Gasteiger partial charge in [-0.25, -0.2) is 0 Å². The number of alkyl halides is 3. The Kier molecular flexibility index (Phi) is 11.1. The Hall–Kier alpha value is -4.87. The Morgan fingerprint density at radius 3 is 1.90 bits per heavy atom. The van der Waals surface area contributed by atoms with Gasteiger partial charge >= 0.3 is 6.18 Å². The topological polar surface area (TPSA) is 156 Å². The molecule has 2 atom stereocenters. The van der Waals surface area contributed by atoms with E-state index in [-0.39, 0.29) is 29.5 Å². The Morgan fingerprint density at radius 1 is 0.738 bits per heavy atom. The highest BCUT2D eigenvalue weighted by molar-refractivity contribution is 5.97. The number of hydrogen-bond donors (Lipinski definition) is 5. The number of carbonyl (C=O) groups is 4. The van der Waals surface area contributed by atoms with Crippen LogP contribution < -0.4 is 27.4 Å². The zero-order valence-corrected chi connectivity index (χ0v) is 22.6. The molecular weight excluding hydrogens is 551 g/mol. The zero-order valence-electron chi connectivity index (χ0n) is 22.6. The van der Waals surface area contributed by atoms with E-state index in [0.717, 1.165) is 31.0 Å². The number of anilines is 1. The first kappa shape index (κ1) is 31.7. The minimum Gasteiger partial charge on any atom is -0.399 e. The number of nitrogens with two attached hydrogens (primary N) is 2. The van der Waals surface area contributed by atoms with E-state index in [1.54, 1.807) is 48.5 Å². The van der Waals surface area contributed by atoms with Gasteiger partial charge < -0.3 is 27.4 Å². The normalized spacial score (nSPS) is 16.3. The largest absolute Gasteiger partial charge is 0.416 e. The van der Waals surface area contributed by atoms with Crippen LogP contribution in [-0.2, 0) is 11.0 Å². The van der Waals surface area contributed by atoms with E-state index >= 15 is 0 Å². The maximum absolute atomic E-state index is 12.8. The standard InChI is InChI=1S/C23H25F3N4O3.C7H7NO/c24-23(25,26)16-5-3-4-15(12-16)21(32)28-13-20(31)29-18-6-1-2-7-19(18)30-22(33)14-8-10-17(27)11-9-14;8-7(9)6-4-2-1-3-5-6/h3-5,8-12,18-19H,1-2,6-7,13,27H2,(H,28,32)(H,29,31)(H,30,33);1-5H,(H2,8,9). The Bertz CT molecular complexity index is 1380. The molecule has 2 unspecified atom stereocenters. The summed E-state index contributed by atoms with van der Waals surface area (Å²) < 4.78 is 38.5. The van der Waals surface area contributed by atoms with Gasteiger partial charge in [-0.1, -0.05) is 37.1 Å². The lowest BCUT2D eigenvalue weighted by molar-refractivity contribution is -0.137. The number of benzene rings is 3. The zero-order chi connectivity index (χ0) is 30.7.